The van der Waals surface area contributed by atoms with Crippen molar-refractivity contribution in [3.63, 3.8) is 0 Å². The maximum absolute atomic E-state index is 2.75. The third kappa shape index (κ3) is 6.58. The molecule has 0 amide bonds. The van der Waals surface area contributed by atoms with Crippen molar-refractivity contribution < 1.29 is 0 Å². The molecule has 2 heterocycles. The highest BCUT2D eigenvalue weighted by Crippen LogP contribution is 2.48. The average Bonchev–Trinajstić information content (AvgIpc) is 2.97. The second kappa shape index (κ2) is 8.65. The van der Waals surface area contributed by atoms with Crippen molar-refractivity contribution in [3.8, 4) is 0 Å². The number of hydrogen-bond donors (Lipinski definition) is 0. The minimum absolute atomic E-state index is 0.0118. The van der Waals surface area contributed by atoms with E-state index in [1.165, 1.54) is 23.3 Å². The predicted octanol–water partition coefficient (Wildman–Crippen LogP) is 9.35. The van der Waals surface area contributed by atoms with Gasteiger partial charge in [0.2, 0.25) is 0 Å². The Kier molecular flexibility index (Phi) is 7.29. The van der Waals surface area contributed by atoms with Crippen LogP contribution in [0, 0.1) is 22.2 Å². The van der Waals surface area contributed by atoms with Crippen molar-refractivity contribution in [2.45, 2.75) is 127 Å². The van der Waals surface area contributed by atoms with Gasteiger partial charge in [0.15, 0.2) is 0 Å². The molecule has 0 aliphatic heterocycles. The van der Waals surface area contributed by atoms with E-state index >= 15 is 0 Å². The quantitative estimate of drug-likeness (QED) is 0.446. The largest absolute Gasteiger partial charge is 0.362 e. The summed E-state index contributed by atoms with van der Waals surface area (Å²) in [5.74, 6) is 0.541. The molecule has 0 radical (unpaired) electrons. The van der Waals surface area contributed by atoms with Crippen LogP contribution in [0.3, 0.4) is 0 Å². The topological polar surface area (TPSA) is 7.65 Å². The molecule has 0 aromatic carbocycles. The zero-order valence-electron chi connectivity index (χ0n) is 24.6. The van der Waals surface area contributed by atoms with Crippen molar-refractivity contribution in [1.82, 2.24) is 4.40 Å². The van der Waals surface area contributed by atoms with Crippen LogP contribution in [0.4, 0.5) is 5.69 Å². The van der Waals surface area contributed by atoms with E-state index in [1.807, 2.05) is 0 Å². The van der Waals surface area contributed by atoms with E-state index in [-0.39, 0.29) is 27.2 Å². The summed E-state index contributed by atoms with van der Waals surface area (Å²) in [6.45, 7) is 35.9. The highest BCUT2D eigenvalue weighted by atomic mass is 15.2. The molecule has 2 aromatic rings. The van der Waals surface area contributed by atoms with E-state index in [2.05, 4.69) is 144 Å². The van der Waals surface area contributed by atoms with Gasteiger partial charge < -0.3 is 9.30 Å². The van der Waals surface area contributed by atoms with Gasteiger partial charge in [-0.1, -0.05) is 83.1 Å². The monoisotopic (exact) mass is 454 g/mol. The van der Waals surface area contributed by atoms with Crippen LogP contribution >= 0.6 is 0 Å². The highest BCUT2D eigenvalue weighted by molar-refractivity contribution is 5.59. The SMILES string of the molecule is CC(C)(C)CC(C(N(c1ccc2ccc(C(C)(C)C)n2c1)C(C)(C)C)C(C)(C)C)C(C)(C)C. The van der Waals surface area contributed by atoms with E-state index in [0.717, 1.165) is 0 Å². The number of hydrogen-bond acceptors (Lipinski definition) is 1. The Morgan fingerprint density at radius 2 is 1.21 bits per heavy atom. The van der Waals surface area contributed by atoms with Gasteiger partial charge in [-0.15, -0.1) is 0 Å². The van der Waals surface area contributed by atoms with Crippen molar-refractivity contribution in [3.05, 3.63) is 36.2 Å². The standard InChI is InChI=1S/C31H54N2/c1-27(2,3)20-24(28(4,5)6)26(30(10,11)12)33(31(13,14)15)23-17-16-22-18-19-25(29(7,8)9)32(22)21-23/h16-19,21,24,26H,20H2,1-15H3. The van der Waals surface area contributed by atoms with Crippen molar-refractivity contribution >= 4 is 11.2 Å². The van der Waals surface area contributed by atoms with Gasteiger partial charge in [0, 0.05) is 34.4 Å². The van der Waals surface area contributed by atoms with Gasteiger partial charge in [0.05, 0.1) is 5.69 Å². The summed E-state index contributed by atoms with van der Waals surface area (Å²) in [4.78, 5) is 2.75. The van der Waals surface area contributed by atoms with Gasteiger partial charge in [0.25, 0.3) is 0 Å². The lowest BCUT2D eigenvalue weighted by Gasteiger charge is -2.56. The first-order chi connectivity index (χ1) is 14.5. The molecule has 33 heavy (non-hydrogen) atoms. The molecule has 2 atom stereocenters. The van der Waals surface area contributed by atoms with Crippen LogP contribution < -0.4 is 4.90 Å². The number of rotatable bonds is 4. The van der Waals surface area contributed by atoms with Crippen LogP contribution in [0.1, 0.15) is 116 Å². The van der Waals surface area contributed by atoms with Crippen LogP contribution in [0.5, 0.6) is 0 Å². The molecule has 0 bridgehead atoms. The Labute approximate surface area is 206 Å². The Morgan fingerprint density at radius 3 is 1.61 bits per heavy atom. The third-order valence-electron chi connectivity index (χ3n) is 6.90. The zero-order valence-corrected chi connectivity index (χ0v) is 24.6. The fourth-order valence-electron chi connectivity index (χ4n) is 5.53. The third-order valence-corrected chi connectivity index (χ3v) is 6.90. The Morgan fingerprint density at radius 1 is 0.697 bits per heavy atom. The minimum Gasteiger partial charge on any atom is -0.362 e. The van der Waals surface area contributed by atoms with E-state index < -0.39 is 0 Å². The molecule has 2 heteroatoms. The molecular formula is C31H54N2. The minimum atomic E-state index is -0.0118. The van der Waals surface area contributed by atoms with Crippen LogP contribution in [0.2, 0.25) is 0 Å². The summed E-state index contributed by atoms with van der Waals surface area (Å²) in [5, 5.41) is 0. The fourth-order valence-corrected chi connectivity index (χ4v) is 5.53. The molecule has 0 aliphatic carbocycles. The van der Waals surface area contributed by atoms with E-state index in [0.29, 0.717) is 12.0 Å². The molecule has 2 nitrogen and oxygen atoms in total. The van der Waals surface area contributed by atoms with E-state index in [1.54, 1.807) is 0 Å². The van der Waals surface area contributed by atoms with Crippen LogP contribution in [-0.2, 0) is 5.41 Å². The number of pyridine rings is 1. The summed E-state index contributed by atoms with van der Waals surface area (Å²) in [6, 6.07) is 9.59. The second-order valence-electron chi connectivity index (χ2n) is 15.7. The molecule has 0 aliphatic rings. The number of anilines is 1. The van der Waals surface area contributed by atoms with Crippen molar-refractivity contribution in [2.24, 2.45) is 22.2 Å². The van der Waals surface area contributed by atoms with Crippen molar-refractivity contribution in [2.75, 3.05) is 4.90 Å². The molecule has 2 unspecified atom stereocenters. The van der Waals surface area contributed by atoms with Gasteiger partial charge in [-0.2, -0.15) is 0 Å². The molecule has 0 N–H and O–H groups in total. The Hall–Kier alpha value is -1.44. The second-order valence-corrected chi connectivity index (χ2v) is 15.7. The lowest BCUT2D eigenvalue weighted by molar-refractivity contribution is 0.0726. The molecule has 0 fully saturated rings. The van der Waals surface area contributed by atoms with Gasteiger partial charge in [-0.05, 0) is 73.6 Å². The summed E-state index contributed by atoms with van der Waals surface area (Å²) >= 11 is 0. The number of aromatic nitrogens is 1. The van der Waals surface area contributed by atoms with Gasteiger partial charge in [0.1, 0.15) is 0 Å². The molecule has 2 aromatic heterocycles. The zero-order chi connectivity index (χ0) is 25.8. The van der Waals surface area contributed by atoms with Gasteiger partial charge >= 0.3 is 0 Å². The summed E-state index contributed by atoms with van der Waals surface area (Å²) in [5.41, 5.74) is 4.63. The fraction of sp³-hybridized carbons (Fsp3) is 0.742. The van der Waals surface area contributed by atoms with Crippen LogP contribution in [-0.4, -0.2) is 16.0 Å². The smallest absolute Gasteiger partial charge is 0.0543 e. The number of nitrogens with zero attached hydrogens (tertiary/aromatic N) is 2. The Bertz CT molecular complexity index is 927. The van der Waals surface area contributed by atoms with Crippen LogP contribution in [0.25, 0.3) is 5.52 Å². The van der Waals surface area contributed by atoms with Gasteiger partial charge in [-0.25, -0.2) is 0 Å². The molecule has 188 valence electrons. The molecule has 2 rings (SSSR count). The first-order valence-electron chi connectivity index (χ1n) is 12.9. The average molecular weight is 455 g/mol. The first kappa shape index (κ1) is 27.8. The predicted molar refractivity (Wildman–Crippen MR) is 149 cm³/mol. The lowest BCUT2D eigenvalue weighted by atomic mass is 9.62. The van der Waals surface area contributed by atoms with E-state index in [4.69, 9.17) is 0 Å². The molecule has 0 saturated heterocycles. The Balaban J connectivity index is 2.82. The molecule has 0 spiro atoms. The molecular weight excluding hydrogens is 400 g/mol. The van der Waals surface area contributed by atoms with Crippen molar-refractivity contribution in [1.29, 1.82) is 0 Å². The lowest BCUT2D eigenvalue weighted by Crippen LogP contribution is -2.59. The normalized spacial score (nSPS) is 16.2. The maximum Gasteiger partial charge on any atom is 0.0543 e. The maximum atomic E-state index is 2.75. The van der Waals surface area contributed by atoms with Gasteiger partial charge in [-0.3, -0.25) is 0 Å². The molecule has 0 saturated carbocycles. The highest BCUT2D eigenvalue weighted by Gasteiger charge is 2.46. The summed E-state index contributed by atoms with van der Waals surface area (Å²) in [6.07, 6.45) is 3.60. The number of fused-ring (bicyclic) bond motifs is 1. The summed E-state index contributed by atoms with van der Waals surface area (Å²) < 4.78 is 2.42. The van der Waals surface area contributed by atoms with Crippen LogP contribution in [0.15, 0.2) is 30.5 Å². The summed E-state index contributed by atoms with van der Waals surface area (Å²) in [7, 11) is 0. The van der Waals surface area contributed by atoms with E-state index in [9.17, 15) is 0 Å². The first-order valence-corrected chi connectivity index (χ1v) is 12.9.